The van der Waals surface area contributed by atoms with Crippen molar-refractivity contribution in [2.45, 2.75) is 13.0 Å². The number of benzene rings is 1. The van der Waals surface area contributed by atoms with Gasteiger partial charge in [-0.3, -0.25) is 5.32 Å². The van der Waals surface area contributed by atoms with Crippen molar-refractivity contribution < 1.29 is 0 Å². The van der Waals surface area contributed by atoms with E-state index in [0.29, 0.717) is 5.02 Å². The molecule has 0 saturated heterocycles. The summed E-state index contributed by atoms with van der Waals surface area (Å²) < 4.78 is 0.859. The smallest absolute Gasteiger partial charge is 0.122 e. The molecule has 1 aromatic rings. The molecule has 0 aliphatic heterocycles. The van der Waals surface area contributed by atoms with E-state index >= 15 is 0 Å². The maximum Gasteiger partial charge on any atom is 0.122 e. The van der Waals surface area contributed by atoms with E-state index in [4.69, 9.17) is 16.9 Å². The molecule has 1 unspecified atom stereocenters. The predicted octanol–water partition coefficient (Wildman–Crippen LogP) is 3.28. The highest BCUT2D eigenvalue weighted by Gasteiger charge is 2.12. The second-order valence-corrected chi connectivity index (χ2v) is 4.08. The van der Waals surface area contributed by atoms with Gasteiger partial charge in [-0.2, -0.15) is 5.26 Å². The Labute approximate surface area is 97.0 Å². The molecule has 0 radical (unpaired) electrons. The summed E-state index contributed by atoms with van der Waals surface area (Å²) in [5.41, 5.74) is 0.916. The fourth-order valence-electron chi connectivity index (χ4n) is 1.16. The van der Waals surface area contributed by atoms with Crippen molar-refractivity contribution >= 4 is 27.5 Å². The summed E-state index contributed by atoms with van der Waals surface area (Å²) in [5.74, 6) is 0. The first-order chi connectivity index (χ1) is 6.69. The normalized spacial score (nSPS) is 12.1. The Morgan fingerprint density at radius 1 is 1.64 bits per heavy atom. The maximum atomic E-state index is 8.94. The van der Waals surface area contributed by atoms with Crippen molar-refractivity contribution in [3.05, 3.63) is 33.3 Å². The lowest BCUT2D eigenvalue weighted by molar-refractivity contribution is 0.656. The monoisotopic (exact) mass is 272 g/mol. The number of halogens is 2. The van der Waals surface area contributed by atoms with Gasteiger partial charge in [-0.05, 0) is 24.2 Å². The minimum Gasteiger partial charge on any atom is -0.298 e. The first-order valence-electron chi connectivity index (χ1n) is 4.27. The lowest BCUT2D eigenvalue weighted by atomic mass is 10.1. The summed E-state index contributed by atoms with van der Waals surface area (Å²) in [6, 6.07) is 7.33. The third kappa shape index (κ3) is 2.71. The van der Waals surface area contributed by atoms with Crippen LogP contribution in [-0.4, -0.2) is 6.54 Å². The van der Waals surface area contributed by atoms with Crippen LogP contribution in [0, 0.1) is 11.3 Å². The summed E-state index contributed by atoms with van der Waals surface area (Å²) in [6.07, 6.45) is 0. The van der Waals surface area contributed by atoms with E-state index in [1.54, 1.807) is 12.1 Å². The molecule has 1 aromatic carbocycles. The number of nitrogens with one attached hydrogen (secondary N) is 1. The minimum atomic E-state index is -0.286. The molecule has 0 spiro atoms. The Hall–Kier alpha value is -0.560. The van der Waals surface area contributed by atoms with E-state index in [2.05, 4.69) is 27.3 Å². The topological polar surface area (TPSA) is 35.8 Å². The van der Waals surface area contributed by atoms with Crippen LogP contribution in [0.1, 0.15) is 18.5 Å². The van der Waals surface area contributed by atoms with Gasteiger partial charge in [-0.15, -0.1) is 0 Å². The maximum absolute atomic E-state index is 8.94. The molecule has 74 valence electrons. The van der Waals surface area contributed by atoms with E-state index in [9.17, 15) is 0 Å². The number of rotatable bonds is 3. The molecule has 2 nitrogen and oxygen atoms in total. The van der Waals surface area contributed by atoms with E-state index < -0.39 is 0 Å². The SMILES string of the molecule is CCNC(C#N)c1ccc(Cl)cc1Br. The number of nitrogens with zero attached hydrogens (tertiary/aromatic N) is 1. The van der Waals surface area contributed by atoms with Crippen molar-refractivity contribution in [3.8, 4) is 6.07 Å². The van der Waals surface area contributed by atoms with Crippen LogP contribution in [0.2, 0.25) is 5.02 Å². The van der Waals surface area contributed by atoms with Crippen molar-refractivity contribution in [3.63, 3.8) is 0 Å². The Kier molecular flexibility index (Phi) is 4.40. The Bertz CT molecular complexity index is 360. The third-order valence-corrected chi connectivity index (χ3v) is 2.73. The highest BCUT2D eigenvalue weighted by atomic mass is 79.9. The molecule has 14 heavy (non-hydrogen) atoms. The first kappa shape index (κ1) is 11.5. The van der Waals surface area contributed by atoms with Crippen molar-refractivity contribution in [1.82, 2.24) is 5.32 Å². The molecule has 4 heteroatoms. The molecule has 0 aliphatic carbocycles. The second-order valence-electron chi connectivity index (χ2n) is 2.79. The molecule has 1 N–H and O–H groups in total. The fourth-order valence-corrected chi connectivity index (χ4v) is 2.08. The molecule has 0 aromatic heterocycles. The van der Waals surface area contributed by atoms with Crippen LogP contribution >= 0.6 is 27.5 Å². The molecule has 0 heterocycles. The largest absolute Gasteiger partial charge is 0.298 e. The van der Waals surface area contributed by atoms with Crippen LogP contribution in [0.25, 0.3) is 0 Å². The van der Waals surface area contributed by atoms with Gasteiger partial charge in [0.1, 0.15) is 6.04 Å². The number of hydrogen-bond acceptors (Lipinski definition) is 2. The highest BCUT2D eigenvalue weighted by molar-refractivity contribution is 9.10. The van der Waals surface area contributed by atoms with Gasteiger partial charge >= 0.3 is 0 Å². The van der Waals surface area contributed by atoms with Crippen LogP contribution in [0.3, 0.4) is 0 Å². The van der Waals surface area contributed by atoms with Gasteiger partial charge in [0.15, 0.2) is 0 Å². The van der Waals surface area contributed by atoms with E-state index in [1.807, 2.05) is 13.0 Å². The van der Waals surface area contributed by atoms with Crippen molar-refractivity contribution in [1.29, 1.82) is 5.26 Å². The molecular weight excluding hydrogens is 263 g/mol. The number of nitriles is 1. The molecule has 1 atom stereocenters. The second kappa shape index (κ2) is 5.35. The van der Waals surface area contributed by atoms with Crippen molar-refractivity contribution in [2.24, 2.45) is 0 Å². The molecule has 1 rings (SSSR count). The third-order valence-electron chi connectivity index (χ3n) is 1.81. The van der Waals surface area contributed by atoms with Crippen LogP contribution in [0.5, 0.6) is 0 Å². The Morgan fingerprint density at radius 2 is 2.36 bits per heavy atom. The van der Waals surface area contributed by atoms with E-state index in [0.717, 1.165) is 16.6 Å². The number of hydrogen-bond donors (Lipinski definition) is 1. The lowest BCUT2D eigenvalue weighted by Crippen LogP contribution is -2.19. The van der Waals surface area contributed by atoms with Gasteiger partial charge in [0, 0.05) is 9.50 Å². The van der Waals surface area contributed by atoms with Crippen LogP contribution in [-0.2, 0) is 0 Å². The zero-order valence-electron chi connectivity index (χ0n) is 7.72. The van der Waals surface area contributed by atoms with Crippen LogP contribution < -0.4 is 5.32 Å². The average Bonchev–Trinajstić information content (AvgIpc) is 2.15. The fraction of sp³-hybridized carbons (Fsp3) is 0.300. The Morgan fingerprint density at radius 3 is 2.86 bits per heavy atom. The standard InChI is InChI=1S/C10H10BrClN2/c1-2-14-10(6-13)8-4-3-7(12)5-9(8)11/h3-5,10,14H,2H2,1H3. The van der Waals surface area contributed by atoms with Gasteiger partial charge < -0.3 is 0 Å². The average molecular weight is 274 g/mol. The van der Waals surface area contributed by atoms with Crippen LogP contribution in [0.4, 0.5) is 0 Å². The molecular formula is C10H10BrClN2. The van der Waals surface area contributed by atoms with Gasteiger partial charge in [-0.1, -0.05) is 40.5 Å². The summed E-state index contributed by atoms with van der Waals surface area (Å²) in [7, 11) is 0. The highest BCUT2D eigenvalue weighted by Crippen LogP contribution is 2.26. The Balaban J connectivity index is 3.00. The summed E-state index contributed by atoms with van der Waals surface area (Å²) in [6.45, 7) is 2.72. The van der Waals surface area contributed by atoms with E-state index in [-0.39, 0.29) is 6.04 Å². The zero-order chi connectivity index (χ0) is 10.6. The van der Waals surface area contributed by atoms with Crippen LogP contribution in [0.15, 0.2) is 22.7 Å². The molecule has 0 amide bonds. The first-order valence-corrected chi connectivity index (χ1v) is 5.44. The molecule has 0 saturated carbocycles. The lowest BCUT2D eigenvalue weighted by Gasteiger charge is -2.11. The van der Waals surface area contributed by atoms with Gasteiger partial charge in [-0.25, -0.2) is 0 Å². The molecule has 0 aliphatic rings. The summed E-state index contributed by atoms with van der Waals surface area (Å²) in [5, 5.41) is 12.7. The summed E-state index contributed by atoms with van der Waals surface area (Å²) in [4.78, 5) is 0. The quantitative estimate of drug-likeness (QED) is 0.917. The van der Waals surface area contributed by atoms with E-state index in [1.165, 1.54) is 0 Å². The van der Waals surface area contributed by atoms with Gasteiger partial charge in [0.2, 0.25) is 0 Å². The predicted molar refractivity (Wildman–Crippen MR) is 61.2 cm³/mol. The zero-order valence-corrected chi connectivity index (χ0v) is 10.1. The minimum absolute atomic E-state index is 0.286. The van der Waals surface area contributed by atoms with Gasteiger partial charge in [0.05, 0.1) is 6.07 Å². The van der Waals surface area contributed by atoms with Crippen molar-refractivity contribution in [2.75, 3.05) is 6.54 Å². The molecule has 0 fully saturated rings. The van der Waals surface area contributed by atoms with Gasteiger partial charge in [0.25, 0.3) is 0 Å². The molecule has 0 bridgehead atoms. The summed E-state index contributed by atoms with van der Waals surface area (Å²) >= 11 is 9.19.